The number of nitrogens with two attached hydrogens (primary N) is 1. The van der Waals surface area contributed by atoms with E-state index in [0.29, 0.717) is 26.4 Å². The minimum absolute atomic E-state index is 0.500. The Hall–Kier alpha value is -1.30. The van der Waals surface area contributed by atoms with Gasteiger partial charge in [-0.05, 0) is 37.1 Å². The molecule has 0 aliphatic rings. The van der Waals surface area contributed by atoms with Gasteiger partial charge in [-0.2, -0.15) is 0 Å². The Morgan fingerprint density at radius 1 is 1.00 bits per heavy atom. The molecule has 0 aliphatic carbocycles. The molecule has 5 heteroatoms. The first-order valence-corrected chi connectivity index (χ1v) is 6.88. The quantitative estimate of drug-likeness (QED) is 0.625. The first-order valence-electron chi connectivity index (χ1n) is 6.88. The topological polar surface area (TPSA) is 62.9 Å². The van der Waals surface area contributed by atoms with E-state index in [1.807, 2.05) is 18.2 Å². The summed E-state index contributed by atoms with van der Waals surface area (Å²) in [6.45, 7) is 3.08. The fourth-order valence-corrected chi connectivity index (χ4v) is 1.77. The van der Waals surface area contributed by atoms with Gasteiger partial charge in [0, 0.05) is 20.3 Å². The van der Waals surface area contributed by atoms with E-state index < -0.39 is 0 Å². The Kier molecular flexibility index (Phi) is 8.78. The SMILES string of the molecule is COCCCOCCOc1ccc(CCN)cc1OC. The van der Waals surface area contributed by atoms with Crippen LogP contribution in [0.1, 0.15) is 12.0 Å². The summed E-state index contributed by atoms with van der Waals surface area (Å²) in [5.41, 5.74) is 6.69. The molecule has 5 nitrogen and oxygen atoms in total. The summed E-state index contributed by atoms with van der Waals surface area (Å²) in [6.07, 6.45) is 1.73. The van der Waals surface area contributed by atoms with Crippen molar-refractivity contribution in [3.8, 4) is 11.5 Å². The third-order valence-corrected chi connectivity index (χ3v) is 2.78. The number of methoxy groups -OCH3 is 2. The highest BCUT2D eigenvalue weighted by molar-refractivity contribution is 5.43. The highest BCUT2D eigenvalue weighted by atomic mass is 16.5. The summed E-state index contributed by atoms with van der Waals surface area (Å²) in [5, 5.41) is 0. The van der Waals surface area contributed by atoms with Gasteiger partial charge in [-0.3, -0.25) is 0 Å². The smallest absolute Gasteiger partial charge is 0.161 e. The molecule has 0 fully saturated rings. The summed E-state index contributed by atoms with van der Waals surface area (Å²) >= 11 is 0. The molecule has 0 amide bonds. The number of ether oxygens (including phenoxy) is 4. The van der Waals surface area contributed by atoms with Gasteiger partial charge < -0.3 is 24.7 Å². The van der Waals surface area contributed by atoms with Crippen molar-refractivity contribution in [3.63, 3.8) is 0 Å². The molecule has 0 heterocycles. The lowest BCUT2D eigenvalue weighted by Crippen LogP contribution is -2.09. The maximum Gasteiger partial charge on any atom is 0.161 e. The Morgan fingerprint density at radius 3 is 2.55 bits per heavy atom. The van der Waals surface area contributed by atoms with Crippen LogP contribution in [0.3, 0.4) is 0 Å². The second kappa shape index (κ2) is 10.5. The van der Waals surface area contributed by atoms with Crippen molar-refractivity contribution < 1.29 is 18.9 Å². The molecular weight excluding hydrogens is 258 g/mol. The van der Waals surface area contributed by atoms with Gasteiger partial charge >= 0.3 is 0 Å². The lowest BCUT2D eigenvalue weighted by Gasteiger charge is -2.12. The van der Waals surface area contributed by atoms with Gasteiger partial charge in [-0.25, -0.2) is 0 Å². The number of hydrogen-bond donors (Lipinski definition) is 1. The highest BCUT2D eigenvalue weighted by Crippen LogP contribution is 2.28. The monoisotopic (exact) mass is 283 g/mol. The van der Waals surface area contributed by atoms with Crippen LogP contribution in [0.25, 0.3) is 0 Å². The fourth-order valence-electron chi connectivity index (χ4n) is 1.77. The van der Waals surface area contributed by atoms with Gasteiger partial charge in [-0.1, -0.05) is 6.07 Å². The lowest BCUT2D eigenvalue weighted by atomic mass is 10.1. The average molecular weight is 283 g/mol. The van der Waals surface area contributed by atoms with Gasteiger partial charge in [0.25, 0.3) is 0 Å². The van der Waals surface area contributed by atoms with Crippen molar-refractivity contribution in [1.82, 2.24) is 0 Å². The van der Waals surface area contributed by atoms with Crippen molar-refractivity contribution in [1.29, 1.82) is 0 Å². The van der Waals surface area contributed by atoms with Crippen molar-refractivity contribution in [2.45, 2.75) is 12.8 Å². The summed E-state index contributed by atoms with van der Waals surface area (Å²) in [7, 11) is 3.32. The summed E-state index contributed by atoms with van der Waals surface area (Å²) in [6, 6.07) is 5.88. The fraction of sp³-hybridized carbons (Fsp3) is 0.600. The first-order chi connectivity index (χ1) is 9.81. The van der Waals surface area contributed by atoms with Gasteiger partial charge in [0.15, 0.2) is 11.5 Å². The molecule has 1 rings (SSSR count). The van der Waals surface area contributed by atoms with E-state index in [-0.39, 0.29) is 0 Å². The molecule has 0 aliphatic heterocycles. The van der Waals surface area contributed by atoms with E-state index in [0.717, 1.165) is 36.5 Å². The van der Waals surface area contributed by atoms with Crippen LogP contribution < -0.4 is 15.2 Å². The molecule has 114 valence electrons. The number of rotatable bonds is 11. The second-order valence-corrected chi connectivity index (χ2v) is 4.33. The zero-order valence-electron chi connectivity index (χ0n) is 12.4. The first kappa shape index (κ1) is 16.8. The third-order valence-electron chi connectivity index (χ3n) is 2.78. The van der Waals surface area contributed by atoms with Crippen LogP contribution in [0, 0.1) is 0 Å². The molecule has 0 aromatic heterocycles. The molecule has 0 radical (unpaired) electrons. The van der Waals surface area contributed by atoms with Crippen LogP contribution in [-0.4, -0.2) is 47.2 Å². The van der Waals surface area contributed by atoms with E-state index in [2.05, 4.69) is 0 Å². The largest absolute Gasteiger partial charge is 0.493 e. The molecule has 0 bridgehead atoms. The van der Waals surface area contributed by atoms with Gasteiger partial charge in [0.1, 0.15) is 6.61 Å². The average Bonchev–Trinajstić information content (AvgIpc) is 2.47. The van der Waals surface area contributed by atoms with Crippen LogP contribution in [0.2, 0.25) is 0 Å². The predicted octanol–water partition coefficient (Wildman–Crippen LogP) is 1.63. The molecular formula is C15H25NO4. The van der Waals surface area contributed by atoms with Crippen molar-refractivity contribution in [3.05, 3.63) is 23.8 Å². The van der Waals surface area contributed by atoms with E-state index in [1.54, 1.807) is 14.2 Å². The van der Waals surface area contributed by atoms with Crippen LogP contribution >= 0.6 is 0 Å². The summed E-state index contributed by atoms with van der Waals surface area (Å²) in [4.78, 5) is 0. The maximum atomic E-state index is 5.66. The molecule has 2 N–H and O–H groups in total. The zero-order chi connectivity index (χ0) is 14.6. The second-order valence-electron chi connectivity index (χ2n) is 4.33. The van der Waals surface area contributed by atoms with Crippen LogP contribution in [0.5, 0.6) is 11.5 Å². The van der Waals surface area contributed by atoms with Gasteiger partial charge in [0.05, 0.1) is 13.7 Å². The zero-order valence-corrected chi connectivity index (χ0v) is 12.4. The lowest BCUT2D eigenvalue weighted by molar-refractivity contribution is 0.0799. The molecule has 1 aromatic carbocycles. The summed E-state index contributed by atoms with van der Waals surface area (Å²) in [5.74, 6) is 1.46. The Labute approximate surface area is 121 Å². The molecule has 0 atom stereocenters. The Morgan fingerprint density at radius 2 is 1.85 bits per heavy atom. The van der Waals surface area contributed by atoms with Crippen molar-refractivity contribution in [2.24, 2.45) is 5.73 Å². The summed E-state index contributed by atoms with van der Waals surface area (Å²) < 4.78 is 21.3. The minimum atomic E-state index is 0.500. The molecule has 0 unspecified atom stereocenters. The normalized spacial score (nSPS) is 10.6. The molecule has 0 spiro atoms. The Bertz CT molecular complexity index is 371. The van der Waals surface area contributed by atoms with E-state index in [4.69, 9.17) is 24.7 Å². The van der Waals surface area contributed by atoms with Crippen LogP contribution in [-0.2, 0) is 15.9 Å². The maximum absolute atomic E-state index is 5.66. The minimum Gasteiger partial charge on any atom is -0.493 e. The van der Waals surface area contributed by atoms with Crippen molar-refractivity contribution >= 4 is 0 Å². The van der Waals surface area contributed by atoms with Crippen molar-refractivity contribution in [2.75, 3.05) is 47.2 Å². The molecule has 0 saturated heterocycles. The third kappa shape index (κ3) is 6.23. The Balaban J connectivity index is 2.32. The highest BCUT2D eigenvalue weighted by Gasteiger charge is 2.05. The van der Waals surface area contributed by atoms with E-state index >= 15 is 0 Å². The number of benzene rings is 1. The number of hydrogen-bond acceptors (Lipinski definition) is 5. The van der Waals surface area contributed by atoms with E-state index in [9.17, 15) is 0 Å². The predicted molar refractivity (Wildman–Crippen MR) is 78.6 cm³/mol. The van der Waals surface area contributed by atoms with Gasteiger partial charge in [-0.15, -0.1) is 0 Å². The molecule has 20 heavy (non-hydrogen) atoms. The van der Waals surface area contributed by atoms with Crippen LogP contribution in [0.15, 0.2) is 18.2 Å². The van der Waals surface area contributed by atoms with E-state index in [1.165, 1.54) is 0 Å². The molecule has 0 saturated carbocycles. The van der Waals surface area contributed by atoms with Gasteiger partial charge in [0.2, 0.25) is 0 Å². The standard InChI is InChI=1S/C15H25NO4/c1-17-8-3-9-19-10-11-20-14-5-4-13(6-7-16)12-15(14)18-2/h4-5,12H,3,6-11,16H2,1-2H3. The molecule has 1 aromatic rings. The van der Waals surface area contributed by atoms with Crippen LogP contribution in [0.4, 0.5) is 0 Å².